The van der Waals surface area contributed by atoms with Crippen LogP contribution in [0.4, 0.5) is 0 Å². The molecule has 2 N–H and O–H groups in total. The summed E-state index contributed by atoms with van der Waals surface area (Å²) in [6, 6.07) is -0.776. The van der Waals surface area contributed by atoms with Gasteiger partial charge in [-0.2, -0.15) is 4.31 Å². The van der Waals surface area contributed by atoms with Gasteiger partial charge in [0.15, 0.2) is 10.1 Å². The fourth-order valence-corrected chi connectivity index (χ4v) is 2.83. The van der Waals surface area contributed by atoms with E-state index in [0.29, 0.717) is 19.4 Å². The summed E-state index contributed by atoms with van der Waals surface area (Å²) in [5.74, 6) is -0.996. The van der Waals surface area contributed by atoms with E-state index in [4.69, 9.17) is 9.89 Å². The minimum Gasteiger partial charge on any atom is -0.480 e. The SMILES string of the molecule is CN(C)S(=N)(=O)N1CCC[C@H]1C(=O)O. The van der Waals surface area contributed by atoms with E-state index < -0.39 is 22.1 Å². The molecule has 1 heterocycles. The van der Waals surface area contributed by atoms with E-state index in [1.54, 1.807) is 0 Å². The summed E-state index contributed by atoms with van der Waals surface area (Å²) in [6.45, 7) is 0.414. The average molecular weight is 221 g/mol. The second kappa shape index (κ2) is 3.84. The Morgan fingerprint density at radius 3 is 2.64 bits per heavy atom. The molecule has 7 heteroatoms. The molecule has 0 aromatic rings. The van der Waals surface area contributed by atoms with Gasteiger partial charge in [0.2, 0.25) is 0 Å². The van der Waals surface area contributed by atoms with Crippen molar-refractivity contribution < 1.29 is 14.1 Å². The van der Waals surface area contributed by atoms with Crippen LogP contribution in [0.25, 0.3) is 0 Å². The molecule has 1 saturated heterocycles. The van der Waals surface area contributed by atoms with Crippen LogP contribution in [0.1, 0.15) is 12.8 Å². The van der Waals surface area contributed by atoms with E-state index in [2.05, 4.69) is 0 Å². The second-order valence-electron chi connectivity index (χ2n) is 3.45. The van der Waals surface area contributed by atoms with Crippen LogP contribution in [0.15, 0.2) is 0 Å². The summed E-state index contributed by atoms with van der Waals surface area (Å²) in [4.78, 5) is 10.8. The van der Waals surface area contributed by atoms with Gasteiger partial charge in [-0.3, -0.25) is 4.79 Å². The highest BCUT2D eigenvalue weighted by Crippen LogP contribution is 2.22. The Kier molecular flexibility index (Phi) is 3.13. The highest BCUT2D eigenvalue weighted by Gasteiger charge is 2.37. The maximum Gasteiger partial charge on any atom is 0.322 e. The van der Waals surface area contributed by atoms with E-state index in [-0.39, 0.29) is 0 Å². The van der Waals surface area contributed by atoms with Gasteiger partial charge in [0.25, 0.3) is 0 Å². The first-order valence-corrected chi connectivity index (χ1v) is 5.80. The molecule has 6 nitrogen and oxygen atoms in total. The standard InChI is InChI=1S/C7H15N3O3S/c1-9(2)14(8,13)10-5-3-4-6(10)7(11)12/h6,8H,3-5H2,1-2H3,(H,11,12)/t6-,14?/m0/s1. The summed E-state index contributed by atoms with van der Waals surface area (Å²) in [5.41, 5.74) is 0. The van der Waals surface area contributed by atoms with Crippen molar-refractivity contribution in [2.45, 2.75) is 18.9 Å². The molecule has 0 aromatic carbocycles. The van der Waals surface area contributed by atoms with Crippen LogP contribution in [-0.4, -0.2) is 50.6 Å². The van der Waals surface area contributed by atoms with Crippen molar-refractivity contribution >= 4 is 16.1 Å². The van der Waals surface area contributed by atoms with Gasteiger partial charge in [0.1, 0.15) is 6.04 Å². The molecule has 82 valence electrons. The maximum atomic E-state index is 11.9. The largest absolute Gasteiger partial charge is 0.480 e. The average Bonchev–Trinajstić information content (AvgIpc) is 2.51. The number of nitrogens with zero attached hydrogens (tertiary/aromatic N) is 2. The molecule has 0 amide bonds. The third kappa shape index (κ3) is 1.89. The fourth-order valence-electron chi connectivity index (χ4n) is 1.49. The topological polar surface area (TPSA) is 84.7 Å². The first-order valence-electron chi connectivity index (χ1n) is 4.33. The molecular formula is C7H15N3O3S. The van der Waals surface area contributed by atoms with Crippen molar-refractivity contribution in [1.82, 2.24) is 8.61 Å². The van der Waals surface area contributed by atoms with Gasteiger partial charge < -0.3 is 5.11 Å². The van der Waals surface area contributed by atoms with Crippen molar-refractivity contribution in [2.75, 3.05) is 20.6 Å². The summed E-state index contributed by atoms with van der Waals surface area (Å²) in [5, 5.41) is 8.86. The molecule has 0 bridgehead atoms. The normalized spacial score (nSPS) is 27.8. The molecule has 1 fully saturated rings. The van der Waals surface area contributed by atoms with E-state index in [1.807, 2.05) is 0 Å². The van der Waals surface area contributed by atoms with Crippen LogP contribution in [0.5, 0.6) is 0 Å². The van der Waals surface area contributed by atoms with Gasteiger partial charge in [-0.15, -0.1) is 0 Å². The van der Waals surface area contributed by atoms with Crippen molar-refractivity contribution in [3.63, 3.8) is 0 Å². The van der Waals surface area contributed by atoms with Crippen LogP contribution < -0.4 is 0 Å². The van der Waals surface area contributed by atoms with Crippen LogP contribution >= 0.6 is 0 Å². The van der Waals surface area contributed by atoms with Crippen molar-refractivity contribution in [2.24, 2.45) is 0 Å². The van der Waals surface area contributed by atoms with Crippen LogP contribution in [-0.2, 0) is 14.9 Å². The van der Waals surface area contributed by atoms with Crippen molar-refractivity contribution in [3.05, 3.63) is 0 Å². The monoisotopic (exact) mass is 221 g/mol. The van der Waals surface area contributed by atoms with Gasteiger partial charge in [-0.25, -0.2) is 13.3 Å². The number of rotatable bonds is 3. The lowest BCUT2D eigenvalue weighted by Gasteiger charge is -2.27. The van der Waals surface area contributed by atoms with Gasteiger partial charge in [-0.05, 0) is 12.8 Å². The zero-order valence-electron chi connectivity index (χ0n) is 8.27. The lowest BCUT2D eigenvalue weighted by atomic mass is 10.2. The van der Waals surface area contributed by atoms with Crippen molar-refractivity contribution in [3.8, 4) is 0 Å². The predicted molar refractivity (Wildman–Crippen MR) is 51.9 cm³/mol. The number of aliphatic carboxylic acids is 1. The first-order chi connectivity index (χ1) is 6.37. The van der Waals surface area contributed by atoms with E-state index >= 15 is 0 Å². The smallest absolute Gasteiger partial charge is 0.322 e. The molecule has 2 atom stereocenters. The number of hydrogen-bond acceptors (Lipinski definition) is 3. The zero-order chi connectivity index (χ0) is 10.9. The van der Waals surface area contributed by atoms with Crippen LogP contribution in [0.3, 0.4) is 0 Å². The molecular weight excluding hydrogens is 206 g/mol. The molecule has 1 unspecified atom stereocenters. The highest BCUT2D eigenvalue weighted by molar-refractivity contribution is 7.87. The summed E-state index contributed by atoms with van der Waals surface area (Å²) in [7, 11) is -0.0442. The Bertz CT molecular complexity index is 325. The van der Waals surface area contributed by atoms with Gasteiger partial charge in [-0.1, -0.05) is 0 Å². The number of nitrogens with one attached hydrogen (secondary N) is 1. The van der Waals surface area contributed by atoms with E-state index in [0.717, 1.165) is 0 Å². The number of carboxylic acids is 1. The molecule has 14 heavy (non-hydrogen) atoms. The minimum atomic E-state index is -3.08. The number of carboxylic acid groups (broad SMARTS) is 1. The lowest BCUT2D eigenvalue weighted by molar-refractivity contribution is -0.140. The Labute approximate surface area is 83.7 Å². The van der Waals surface area contributed by atoms with Gasteiger partial charge in [0.05, 0.1) is 0 Å². The first kappa shape index (κ1) is 11.4. The molecule has 0 radical (unpaired) electrons. The number of hydrogen-bond donors (Lipinski definition) is 2. The second-order valence-corrected chi connectivity index (χ2v) is 5.64. The van der Waals surface area contributed by atoms with Crippen molar-refractivity contribution in [1.29, 1.82) is 4.78 Å². The fraction of sp³-hybridized carbons (Fsp3) is 0.857. The highest BCUT2D eigenvalue weighted by atomic mass is 32.2. The molecule has 1 aliphatic rings. The Hall–Kier alpha value is -0.660. The summed E-state index contributed by atoms with van der Waals surface area (Å²) < 4.78 is 22.0. The zero-order valence-corrected chi connectivity index (χ0v) is 9.08. The number of carbonyl (C=O) groups is 1. The Balaban J connectivity index is 2.93. The molecule has 0 aromatic heterocycles. The lowest BCUT2D eigenvalue weighted by Crippen LogP contribution is -2.45. The molecule has 0 saturated carbocycles. The third-order valence-electron chi connectivity index (χ3n) is 2.30. The van der Waals surface area contributed by atoms with E-state index in [1.165, 1.54) is 22.7 Å². The third-order valence-corrected chi connectivity index (χ3v) is 4.36. The molecule has 0 spiro atoms. The molecule has 1 aliphatic heterocycles. The molecule has 0 aliphatic carbocycles. The maximum absolute atomic E-state index is 11.9. The summed E-state index contributed by atoms with van der Waals surface area (Å²) in [6.07, 6.45) is 1.15. The van der Waals surface area contributed by atoms with Crippen LogP contribution in [0.2, 0.25) is 0 Å². The Morgan fingerprint density at radius 1 is 1.64 bits per heavy atom. The summed E-state index contributed by atoms with van der Waals surface area (Å²) >= 11 is 0. The van der Waals surface area contributed by atoms with Crippen LogP contribution in [0, 0.1) is 4.78 Å². The molecule has 1 rings (SSSR count). The van der Waals surface area contributed by atoms with Gasteiger partial charge >= 0.3 is 5.97 Å². The quantitative estimate of drug-likeness (QED) is 0.702. The Morgan fingerprint density at radius 2 is 2.21 bits per heavy atom. The minimum absolute atomic E-state index is 0.414. The van der Waals surface area contributed by atoms with E-state index in [9.17, 15) is 9.00 Å². The van der Waals surface area contributed by atoms with Gasteiger partial charge in [0, 0.05) is 20.6 Å². The predicted octanol–water partition coefficient (Wildman–Crippen LogP) is -0.0262.